The molecular weight excluding hydrogens is 254 g/mol. The lowest BCUT2D eigenvalue weighted by Crippen LogP contribution is -2.17. The van der Waals surface area contributed by atoms with Crippen LogP contribution in [0.2, 0.25) is 0 Å². The van der Waals surface area contributed by atoms with Crippen LogP contribution in [0.3, 0.4) is 0 Å². The molecule has 21 heavy (non-hydrogen) atoms. The Bertz CT molecular complexity index is 728. The molecule has 106 valence electrons. The average molecular weight is 275 g/mol. The zero-order chi connectivity index (χ0) is 14.7. The van der Waals surface area contributed by atoms with Crippen molar-refractivity contribution in [2.75, 3.05) is 0 Å². The van der Waals surface area contributed by atoms with E-state index in [0.29, 0.717) is 6.04 Å². The molecule has 3 aromatic carbocycles. The van der Waals surface area contributed by atoms with E-state index in [4.69, 9.17) is 0 Å². The summed E-state index contributed by atoms with van der Waals surface area (Å²) in [6, 6.07) is 24.3. The van der Waals surface area contributed by atoms with Gasteiger partial charge in [-0.05, 0) is 41.8 Å². The average Bonchev–Trinajstić information content (AvgIpc) is 2.53. The monoisotopic (exact) mass is 275 g/mol. The predicted molar refractivity (Wildman–Crippen MR) is 90.4 cm³/mol. The van der Waals surface area contributed by atoms with Crippen molar-refractivity contribution in [3.63, 3.8) is 0 Å². The molecule has 0 saturated carbocycles. The van der Waals surface area contributed by atoms with Crippen LogP contribution in [0.25, 0.3) is 10.8 Å². The van der Waals surface area contributed by atoms with Crippen molar-refractivity contribution in [3.8, 4) is 0 Å². The first-order valence-corrected chi connectivity index (χ1v) is 7.50. The van der Waals surface area contributed by atoms with Crippen molar-refractivity contribution in [1.82, 2.24) is 5.32 Å². The van der Waals surface area contributed by atoms with Gasteiger partial charge in [0.25, 0.3) is 0 Å². The maximum absolute atomic E-state index is 3.60. The van der Waals surface area contributed by atoms with E-state index < -0.39 is 0 Å². The zero-order valence-corrected chi connectivity index (χ0v) is 12.6. The maximum Gasteiger partial charge on any atom is 0.0294 e. The van der Waals surface area contributed by atoms with Crippen molar-refractivity contribution in [2.24, 2.45) is 0 Å². The summed E-state index contributed by atoms with van der Waals surface area (Å²) in [6.07, 6.45) is 0. The SMILES string of the molecule is Cc1ccc([C@@H](C)NCc2ccc3ccccc3c2)cc1. The van der Waals surface area contributed by atoms with Gasteiger partial charge in [-0.15, -0.1) is 0 Å². The van der Waals surface area contributed by atoms with E-state index in [-0.39, 0.29) is 0 Å². The van der Waals surface area contributed by atoms with Gasteiger partial charge in [-0.25, -0.2) is 0 Å². The molecule has 3 aromatic rings. The van der Waals surface area contributed by atoms with Crippen molar-refractivity contribution >= 4 is 10.8 Å². The molecule has 0 bridgehead atoms. The lowest BCUT2D eigenvalue weighted by Gasteiger charge is -2.15. The molecule has 1 atom stereocenters. The fourth-order valence-electron chi connectivity index (χ4n) is 2.59. The first kappa shape index (κ1) is 13.8. The summed E-state index contributed by atoms with van der Waals surface area (Å²) < 4.78 is 0. The molecule has 0 amide bonds. The molecule has 0 unspecified atom stereocenters. The zero-order valence-electron chi connectivity index (χ0n) is 12.6. The largest absolute Gasteiger partial charge is 0.306 e. The van der Waals surface area contributed by atoms with E-state index in [1.165, 1.54) is 27.5 Å². The number of rotatable bonds is 4. The summed E-state index contributed by atoms with van der Waals surface area (Å²) in [5.41, 5.74) is 3.97. The predicted octanol–water partition coefficient (Wildman–Crippen LogP) is 5.00. The van der Waals surface area contributed by atoms with Gasteiger partial charge in [0.2, 0.25) is 0 Å². The minimum absolute atomic E-state index is 0.358. The van der Waals surface area contributed by atoms with Crippen molar-refractivity contribution in [1.29, 1.82) is 0 Å². The lowest BCUT2D eigenvalue weighted by molar-refractivity contribution is 0.575. The van der Waals surface area contributed by atoms with Gasteiger partial charge < -0.3 is 5.32 Å². The molecule has 0 aliphatic rings. The molecule has 0 spiro atoms. The van der Waals surface area contributed by atoms with Crippen LogP contribution in [0, 0.1) is 6.92 Å². The van der Waals surface area contributed by atoms with Crippen LogP contribution in [0.15, 0.2) is 66.7 Å². The molecule has 1 heteroatoms. The first-order chi connectivity index (χ1) is 10.2. The normalized spacial score (nSPS) is 12.5. The minimum Gasteiger partial charge on any atom is -0.306 e. The number of hydrogen-bond donors (Lipinski definition) is 1. The molecule has 0 aliphatic carbocycles. The summed E-state index contributed by atoms with van der Waals surface area (Å²) in [7, 11) is 0. The van der Waals surface area contributed by atoms with Gasteiger partial charge in [-0.1, -0.05) is 66.2 Å². The number of benzene rings is 3. The Hall–Kier alpha value is -2.12. The molecule has 0 aliphatic heterocycles. The van der Waals surface area contributed by atoms with Gasteiger partial charge in [0.15, 0.2) is 0 Å². The van der Waals surface area contributed by atoms with Gasteiger partial charge in [0.1, 0.15) is 0 Å². The Labute approximate surface area is 126 Å². The standard InChI is InChI=1S/C20H21N/c1-15-7-10-18(11-8-15)16(2)21-14-17-9-12-19-5-3-4-6-20(19)13-17/h3-13,16,21H,14H2,1-2H3/t16-/m1/s1. The second-order valence-corrected chi connectivity index (χ2v) is 5.69. The van der Waals surface area contributed by atoms with Crippen LogP contribution >= 0.6 is 0 Å². The molecular formula is C20H21N. The van der Waals surface area contributed by atoms with Crippen LogP contribution in [0.1, 0.15) is 29.7 Å². The molecule has 0 radical (unpaired) electrons. The van der Waals surface area contributed by atoms with Crippen molar-refractivity contribution in [3.05, 3.63) is 83.4 Å². The summed E-state index contributed by atoms with van der Waals surface area (Å²) in [6.45, 7) is 5.22. The number of hydrogen-bond acceptors (Lipinski definition) is 1. The molecule has 0 saturated heterocycles. The Kier molecular flexibility index (Phi) is 4.03. The van der Waals surface area contributed by atoms with Crippen LogP contribution in [0.4, 0.5) is 0 Å². The van der Waals surface area contributed by atoms with Crippen LogP contribution in [0.5, 0.6) is 0 Å². The molecule has 1 nitrogen and oxygen atoms in total. The second kappa shape index (κ2) is 6.11. The van der Waals surface area contributed by atoms with Crippen LogP contribution < -0.4 is 5.32 Å². The summed E-state index contributed by atoms with van der Waals surface area (Å²) in [4.78, 5) is 0. The van der Waals surface area contributed by atoms with Gasteiger partial charge >= 0.3 is 0 Å². The summed E-state index contributed by atoms with van der Waals surface area (Å²) >= 11 is 0. The van der Waals surface area contributed by atoms with E-state index in [1.54, 1.807) is 0 Å². The fraction of sp³-hybridized carbons (Fsp3) is 0.200. The number of fused-ring (bicyclic) bond motifs is 1. The number of nitrogens with one attached hydrogen (secondary N) is 1. The van der Waals surface area contributed by atoms with E-state index in [0.717, 1.165) is 6.54 Å². The quantitative estimate of drug-likeness (QED) is 0.706. The van der Waals surface area contributed by atoms with Crippen LogP contribution in [-0.2, 0) is 6.54 Å². The third-order valence-electron chi connectivity index (χ3n) is 4.00. The lowest BCUT2D eigenvalue weighted by atomic mass is 10.0. The summed E-state index contributed by atoms with van der Waals surface area (Å²) in [5, 5.41) is 6.20. The Morgan fingerprint density at radius 3 is 2.33 bits per heavy atom. The highest BCUT2D eigenvalue weighted by Crippen LogP contribution is 2.17. The maximum atomic E-state index is 3.60. The van der Waals surface area contributed by atoms with E-state index in [9.17, 15) is 0 Å². The first-order valence-electron chi connectivity index (χ1n) is 7.50. The molecule has 1 N–H and O–H groups in total. The van der Waals surface area contributed by atoms with Gasteiger partial charge in [0.05, 0.1) is 0 Å². The van der Waals surface area contributed by atoms with Gasteiger partial charge in [-0.2, -0.15) is 0 Å². The van der Waals surface area contributed by atoms with E-state index >= 15 is 0 Å². The smallest absolute Gasteiger partial charge is 0.0294 e. The molecule has 0 heterocycles. The molecule has 0 fully saturated rings. The molecule has 3 rings (SSSR count). The highest BCUT2D eigenvalue weighted by Gasteiger charge is 2.04. The van der Waals surface area contributed by atoms with E-state index in [2.05, 4.69) is 85.9 Å². The van der Waals surface area contributed by atoms with E-state index in [1.807, 2.05) is 0 Å². The Balaban J connectivity index is 1.69. The topological polar surface area (TPSA) is 12.0 Å². The van der Waals surface area contributed by atoms with Gasteiger partial charge in [-0.3, -0.25) is 0 Å². The second-order valence-electron chi connectivity index (χ2n) is 5.69. The summed E-state index contributed by atoms with van der Waals surface area (Å²) in [5.74, 6) is 0. The highest BCUT2D eigenvalue weighted by atomic mass is 14.9. The highest BCUT2D eigenvalue weighted by molar-refractivity contribution is 5.82. The minimum atomic E-state index is 0.358. The fourth-order valence-corrected chi connectivity index (χ4v) is 2.59. The third-order valence-corrected chi connectivity index (χ3v) is 4.00. The number of aryl methyl sites for hydroxylation is 1. The van der Waals surface area contributed by atoms with Crippen LogP contribution in [-0.4, -0.2) is 0 Å². The van der Waals surface area contributed by atoms with Crippen molar-refractivity contribution in [2.45, 2.75) is 26.4 Å². The Morgan fingerprint density at radius 1 is 0.857 bits per heavy atom. The molecule has 0 aromatic heterocycles. The van der Waals surface area contributed by atoms with Crippen molar-refractivity contribution < 1.29 is 0 Å². The Morgan fingerprint density at radius 2 is 1.57 bits per heavy atom. The van der Waals surface area contributed by atoms with Gasteiger partial charge in [0, 0.05) is 12.6 Å². The third kappa shape index (κ3) is 3.32.